The quantitative estimate of drug-likeness (QED) is 0.528. The molecule has 1 saturated heterocycles. The van der Waals surface area contributed by atoms with Gasteiger partial charge in [-0.25, -0.2) is 0 Å². The third-order valence-electron chi connectivity index (χ3n) is 6.76. The number of benzene rings is 2. The lowest BCUT2D eigenvalue weighted by atomic mass is 10.1. The lowest BCUT2D eigenvalue weighted by molar-refractivity contribution is -0.132. The average Bonchev–Trinajstić information content (AvgIpc) is 3.73. The van der Waals surface area contributed by atoms with Crippen LogP contribution in [0.25, 0.3) is 11.3 Å². The zero-order chi connectivity index (χ0) is 24.2. The number of amides is 2. The smallest absolute Gasteiger partial charge is 0.254 e. The van der Waals surface area contributed by atoms with Crippen LogP contribution in [0.2, 0.25) is 0 Å². The van der Waals surface area contributed by atoms with Crippen LogP contribution in [-0.2, 0) is 4.79 Å². The number of carbonyl (C=O) groups is 2. The number of piperazine rings is 1. The molecule has 2 amide bonds. The predicted molar refractivity (Wildman–Crippen MR) is 136 cm³/mol. The summed E-state index contributed by atoms with van der Waals surface area (Å²) < 4.78 is 0. The second-order valence-electron chi connectivity index (χ2n) is 9.51. The molecule has 0 bridgehead atoms. The van der Waals surface area contributed by atoms with Gasteiger partial charge in [-0.2, -0.15) is 0 Å². The first-order chi connectivity index (χ1) is 17.1. The van der Waals surface area contributed by atoms with Gasteiger partial charge in [0.25, 0.3) is 5.91 Å². The molecule has 7 nitrogen and oxygen atoms in total. The predicted octanol–water partition coefficient (Wildman–Crippen LogP) is 3.65. The molecule has 2 heterocycles. The minimum Gasteiger partial charge on any atom is -0.352 e. The van der Waals surface area contributed by atoms with E-state index >= 15 is 0 Å². The van der Waals surface area contributed by atoms with Crippen molar-refractivity contribution in [3.63, 3.8) is 0 Å². The van der Waals surface area contributed by atoms with Gasteiger partial charge in [-0.05, 0) is 49.9 Å². The Morgan fingerprint density at radius 3 is 2.23 bits per heavy atom. The highest BCUT2D eigenvalue weighted by Gasteiger charge is 2.30. The average molecular weight is 470 g/mol. The molecule has 35 heavy (non-hydrogen) atoms. The van der Waals surface area contributed by atoms with Crippen molar-refractivity contribution in [2.75, 3.05) is 44.2 Å². The van der Waals surface area contributed by atoms with E-state index in [1.165, 1.54) is 5.56 Å². The third kappa shape index (κ3) is 5.67. The summed E-state index contributed by atoms with van der Waals surface area (Å²) in [6.07, 6.45) is 2.27. The molecule has 1 saturated carbocycles. The molecule has 0 atom stereocenters. The summed E-state index contributed by atoms with van der Waals surface area (Å²) in [6.45, 7) is 5.46. The van der Waals surface area contributed by atoms with Gasteiger partial charge in [-0.15, -0.1) is 10.2 Å². The van der Waals surface area contributed by atoms with Gasteiger partial charge in [0.15, 0.2) is 5.82 Å². The monoisotopic (exact) mass is 469 g/mol. The maximum Gasteiger partial charge on any atom is 0.254 e. The van der Waals surface area contributed by atoms with E-state index < -0.39 is 0 Å². The molecule has 0 N–H and O–H groups in total. The fourth-order valence-electron chi connectivity index (χ4n) is 4.42. The standard InChI is InChI=1S/C28H31N5O2/c1-21-7-11-23(12-8-21)25-13-14-26(30-29-25)31-15-17-32(18-16-31)27(34)20-33(19-22-9-10-22)28(35)24-5-3-2-4-6-24/h2-8,11-14,22H,9-10,15-20H2,1H3. The molecule has 7 heteroatoms. The first kappa shape index (κ1) is 23.0. The van der Waals surface area contributed by atoms with Crippen LogP contribution in [0.1, 0.15) is 28.8 Å². The molecule has 1 aliphatic heterocycles. The Labute approximate surface area is 206 Å². The van der Waals surface area contributed by atoms with Gasteiger partial charge in [0.2, 0.25) is 5.91 Å². The Morgan fingerprint density at radius 1 is 0.886 bits per heavy atom. The van der Waals surface area contributed by atoms with E-state index in [-0.39, 0.29) is 18.4 Å². The second kappa shape index (κ2) is 10.3. The minimum absolute atomic E-state index is 0.00962. The van der Waals surface area contributed by atoms with Crippen molar-refractivity contribution in [1.29, 1.82) is 0 Å². The van der Waals surface area contributed by atoms with Crippen molar-refractivity contribution in [3.05, 3.63) is 77.9 Å². The SMILES string of the molecule is Cc1ccc(-c2ccc(N3CCN(C(=O)CN(CC4CC4)C(=O)c4ccccc4)CC3)nn2)cc1. The summed E-state index contributed by atoms with van der Waals surface area (Å²) >= 11 is 0. The lowest BCUT2D eigenvalue weighted by Crippen LogP contribution is -2.52. The summed E-state index contributed by atoms with van der Waals surface area (Å²) in [4.78, 5) is 31.9. The Morgan fingerprint density at radius 2 is 1.60 bits per heavy atom. The van der Waals surface area contributed by atoms with Crippen LogP contribution >= 0.6 is 0 Å². The molecular formula is C28H31N5O2. The molecule has 2 aliphatic rings. The fraction of sp³-hybridized carbons (Fsp3) is 0.357. The summed E-state index contributed by atoms with van der Waals surface area (Å²) in [5, 5.41) is 8.85. The normalized spacial score (nSPS) is 15.7. The van der Waals surface area contributed by atoms with Crippen molar-refractivity contribution in [2.45, 2.75) is 19.8 Å². The van der Waals surface area contributed by atoms with Crippen LogP contribution < -0.4 is 4.90 Å². The third-order valence-corrected chi connectivity index (χ3v) is 6.76. The zero-order valence-corrected chi connectivity index (χ0v) is 20.1. The Hall–Kier alpha value is -3.74. The molecule has 5 rings (SSSR count). The molecule has 1 aliphatic carbocycles. The number of hydrogen-bond donors (Lipinski definition) is 0. The van der Waals surface area contributed by atoms with Crippen molar-refractivity contribution < 1.29 is 9.59 Å². The van der Waals surface area contributed by atoms with Crippen LogP contribution in [0.5, 0.6) is 0 Å². The largest absolute Gasteiger partial charge is 0.352 e. The molecule has 0 unspecified atom stereocenters. The summed E-state index contributed by atoms with van der Waals surface area (Å²) in [5.74, 6) is 1.29. The van der Waals surface area contributed by atoms with Crippen LogP contribution in [0, 0.1) is 12.8 Å². The number of nitrogens with zero attached hydrogens (tertiary/aromatic N) is 5. The van der Waals surface area contributed by atoms with E-state index in [1.807, 2.05) is 47.4 Å². The molecular weight excluding hydrogens is 438 g/mol. The highest BCUT2D eigenvalue weighted by Crippen LogP contribution is 2.30. The number of carbonyl (C=O) groups excluding carboxylic acids is 2. The van der Waals surface area contributed by atoms with Crippen LogP contribution in [-0.4, -0.2) is 71.1 Å². The number of anilines is 1. The topological polar surface area (TPSA) is 69.6 Å². The highest BCUT2D eigenvalue weighted by atomic mass is 16.2. The first-order valence-electron chi connectivity index (χ1n) is 12.3. The van der Waals surface area contributed by atoms with E-state index in [2.05, 4.69) is 46.3 Å². The van der Waals surface area contributed by atoms with Gasteiger partial charge in [0, 0.05) is 43.9 Å². The molecule has 2 aromatic carbocycles. The number of hydrogen-bond acceptors (Lipinski definition) is 5. The van der Waals surface area contributed by atoms with Gasteiger partial charge in [-0.3, -0.25) is 9.59 Å². The van der Waals surface area contributed by atoms with E-state index in [9.17, 15) is 9.59 Å². The van der Waals surface area contributed by atoms with Gasteiger partial charge in [0.05, 0.1) is 5.69 Å². The van der Waals surface area contributed by atoms with Crippen molar-refractivity contribution in [3.8, 4) is 11.3 Å². The number of aryl methyl sites for hydroxylation is 1. The highest BCUT2D eigenvalue weighted by molar-refractivity contribution is 5.96. The molecule has 0 spiro atoms. The molecule has 0 radical (unpaired) electrons. The molecule has 2 fully saturated rings. The van der Waals surface area contributed by atoms with E-state index in [4.69, 9.17) is 0 Å². The van der Waals surface area contributed by atoms with Crippen LogP contribution in [0.3, 0.4) is 0 Å². The summed E-state index contributed by atoms with van der Waals surface area (Å²) in [6, 6.07) is 21.5. The van der Waals surface area contributed by atoms with E-state index in [0.29, 0.717) is 44.2 Å². The molecule has 180 valence electrons. The van der Waals surface area contributed by atoms with E-state index in [1.54, 1.807) is 4.90 Å². The number of rotatable bonds is 7. The summed E-state index contributed by atoms with van der Waals surface area (Å²) in [7, 11) is 0. The van der Waals surface area contributed by atoms with Crippen LogP contribution in [0.4, 0.5) is 5.82 Å². The van der Waals surface area contributed by atoms with Gasteiger partial charge >= 0.3 is 0 Å². The fourth-order valence-corrected chi connectivity index (χ4v) is 4.42. The van der Waals surface area contributed by atoms with Gasteiger partial charge < -0.3 is 14.7 Å². The molecule has 3 aromatic rings. The second-order valence-corrected chi connectivity index (χ2v) is 9.51. The first-order valence-corrected chi connectivity index (χ1v) is 12.3. The lowest BCUT2D eigenvalue weighted by Gasteiger charge is -2.36. The Balaban J connectivity index is 1.17. The van der Waals surface area contributed by atoms with Crippen molar-refractivity contribution in [2.24, 2.45) is 5.92 Å². The maximum atomic E-state index is 13.1. The Kier molecular flexibility index (Phi) is 6.75. The number of aromatic nitrogens is 2. The molecule has 1 aromatic heterocycles. The van der Waals surface area contributed by atoms with Gasteiger partial charge in [-0.1, -0.05) is 48.0 Å². The van der Waals surface area contributed by atoms with Crippen molar-refractivity contribution >= 4 is 17.6 Å². The minimum atomic E-state index is -0.0616. The van der Waals surface area contributed by atoms with Crippen LogP contribution in [0.15, 0.2) is 66.7 Å². The summed E-state index contributed by atoms with van der Waals surface area (Å²) in [5.41, 5.74) is 3.75. The van der Waals surface area contributed by atoms with Crippen molar-refractivity contribution in [1.82, 2.24) is 20.0 Å². The van der Waals surface area contributed by atoms with E-state index in [0.717, 1.165) is 29.9 Å². The maximum absolute atomic E-state index is 13.1. The van der Waals surface area contributed by atoms with Gasteiger partial charge in [0.1, 0.15) is 6.54 Å². The zero-order valence-electron chi connectivity index (χ0n) is 20.1. The Bertz CT molecular complexity index is 1150.